The number of benzene rings is 1. The Morgan fingerprint density at radius 3 is 2.94 bits per heavy atom. The Morgan fingerprint density at radius 1 is 1.44 bits per heavy atom. The molecule has 1 aliphatic rings. The van der Waals surface area contributed by atoms with Crippen molar-refractivity contribution in [2.75, 3.05) is 7.11 Å². The van der Waals surface area contributed by atoms with Crippen LogP contribution in [0.1, 0.15) is 31.2 Å². The molecule has 2 nitrogen and oxygen atoms in total. The van der Waals surface area contributed by atoms with Crippen molar-refractivity contribution in [2.24, 2.45) is 0 Å². The van der Waals surface area contributed by atoms with Gasteiger partial charge in [-0.25, -0.2) is 8.78 Å². The molecular formula is C14H18F2O2. The van der Waals surface area contributed by atoms with E-state index in [-0.39, 0.29) is 18.1 Å². The van der Waals surface area contributed by atoms with E-state index >= 15 is 0 Å². The molecule has 2 unspecified atom stereocenters. The third-order valence-electron chi connectivity index (χ3n) is 3.64. The quantitative estimate of drug-likeness (QED) is 0.901. The van der Waals surface area contributed by atoms with Crippen molar-refractivity contribution < 1.29 is 18.6 Å². The van der Waals surface area contributed by atoms with Crippen LogP contribution in [0, 0.1) is 11.6 Å². The predicted molar refractivity (Wildman–Crippen MR) is 64.3 cm³/mol. The molecule has 2 atom stereocenters. The number of methoxy groups -OCH3 is 1. The number of hydrogen-bond acceptors (Lipinski definition) is 2. The van der Waals surface area contributed by atoms with Crippen molar-refractivity contribution in [1.82, 2.24) is 0 Å². The first-order valence-electron chi connectivity index (χ1n) is 6.21. The minimum absolute atomic E-state index is 0.000343. The van der Waals surface area contributed by atoms with Gasteiger partial charge in [0.05, 0.1) is 11.7 Å². The largest absolute Gasteiger partial charge is 0.389 e. The minimum atomic E-state index is -0.992. The molecule has 100 valence electrons. The van der Waals surface area contributed by atoms with E-state index in [9.17, 15) is 13.9 Å². The van der Waals surface area contributed by atoms with Gasteiger partial charge >= 0.3 is 0 Å². The summed E-state index contributed by atoms with van der Waals surface area (Å²) in [7, 11) is 1.61. The maximum Gasteiger partial charge on any atom is 0.126 e. The van der Waals surface area contributed by atoms with Crippen LogP contribution in [-0.4, -0.2) is 23.9 Å². The smallest absolute Gasteiger partial charge is 0.126 e. The van der Waals surface area contributed by atoms with E-state index in [0.29, 0.717) is 12.8 Å². The predicted octanol–water partition coefficient (Wildman–Crippen LogP) is 2.83. The molecule has 0 amide bonds. The monoisotopic (exact) mass is 256 g/mol. The Hall–Kier alpha value is -1.00. The molecule has 1 fully saturated rings. The van der Waals surface area contributed by atoms with Gasteiger partial charge in [-0.15, -0.1) is 0 Å². The topological polar surface area (TPSA) is 29.5 Å². The molecule has 0 bridgehead atoms. The van der Waals surface area contributed by atoms with E-state index < -0.39 is 17.2 Å². The standard InChI is InChI=1S/C14H18F2O2/c1-18-12-3-2-6-14(17,9-12)8-10-7-11(15)4-5-13(10)16/h4-5,7,12,17H,2-3,6,8-9H2,1H3. The first-order valence-corrected chi connectivity index (χ1v) is 6.21. The van der Waals surface area contributed by atoms with E-state index in [2.05, 4.69) is 0 Å². The van der Waals surface area contributed by atoms with Crippen molar-refractivity contribution in [1.29, 1.82) is 0 Å². The molecule has 0 aromatic heterocycles. The fourth-order valence-electron chi connectivity index (χ4n) is 2.68. The molecule has 0 radical (unpaired) electrons. The van der Waals surface area contributed by atoms with Crippen LogP contribution in [0.5, 0.6) is 0 Å². The summed E-state index contributed by atoms with van der Waals surface area (Å²) in [6, 6.07) is 3.34. The lowest BCUT2D eigenvalue weighted by Gasteiger charge is -2.36. The summed E-state index contributed by atoms with van der Waals surface area (Å²) in [4.78, 5) is 0. The van der Waals surface area contributed by atoms with Crippen molar-refractivity contribution >= 4 is 0 Å². The van der Waals surface area contributed by atoms with Crippen molar-refractivity contribution in [3.8, 4) is 0 Å². The number of ether oxygens (including phenoxy) is 1. The van der Waals surface area contributed by atoms with Crippen LogP contribution in [0.25, 0.3) is 0 Å². The third-order valence-corrected chi connectivity index (χ3v) is 3.64. The number of aliphatic hydroxyl groups is 1. The van der Waals surface area contributed by atoms with Crippen LogP contribution in [0.15, 0.2) is 18.2 Å². The van der Waals surface area contributed by atoms with Gasteiger partial charge in [0.15, 0.2) is 0 Å². The summed E-state index contributed by atoms with van der Waals surface area (Å²) in [5.74, 6) is -0.946. The molecule has 0 heterocycles. The second-order valence-corrected chi connectivity index (χ2v) is 5.09. The highest BCUT2D eigenvalue weighted by atomic mass is 19.1. The van der Waals surface area contributed by atoms with Crippen LogP contribution in [0.2, 0.25) is 0 Å². The molecular weight excluding hydrogens is 238 g/mol. The highest BCUT2D eigenvalue weighted by molar-refractivity contribution is 5.21. The summed E-state index contributed by atoms with van der Waals surface area (Å²) >= 11 is 0. The normalized spacial score (nSPS) is 28.3. The first-order chi connectivity index (χ1) is 8.52. The average molecular weight is 256 g/mol. The zero-order valence-electron chi connectivity index (χ0n) is 10.5. The molecule has 1 aromatic rings. The molecule has 1 aliphatic carbocycles. The van der Waals surface area contributed by atoms with Crippen LogP contribution in [0.3, 0.4) is 0 Å². The molecule has 0 spiro atoms. The maximum atomic E-state index is 13.6. The second-order valence-electron chi connectivity index (χ2n) is 5.09. The summed E-state index contributed by atoms with van der Waals surface area (Å²) < 4.78 is 31.9. The maximum absolute atomic E-state index is 13.6. The molecule has 1 N–H and O–H groups in total. The van der Waals surface area contributed by atoms with Crippen molar-refractivity contribution in [3.63, 3.8) is 0 Å². The highest BCUT2D eigenvalue weighted by Crippen LogP contribution is 2.33. The van der Waals surface area contributed by atoms with Gasteiger partial charge in [0.2, 0.25) is 0 Å². The average Bonchev–Trinajstić information content (AvgIpc) is 2.33. The van der Waals surface area contributed by atoms with E-state index in [1.807, 2.05) is 0 Å². The van der Waals surface area contributed by atoms with E-state index in [1.165, 1.54) is 0 Å². The van der Waals surface area contributed by atoms with E-state index in [4.69, 9.17) is 4.74 Å². The van der Waals surface area contributed by atoms with Crippen LogP contribution < -0.4 is 0 Å². The summed E-state index contributed by atoms with van der Waals surface area (Å²) in [6.07, 6.45) is 2.95. The molecule has 1 saturated carbocycles. The van der Waals surface area contributed by atoms with Crippen molar-refractivity contribution in [3.05, 3.63) is 35.4 Å². The molecule has 18 heavy (non-hydrogen) atoms. The highest BCUT2D eigenvalue weighted by Gasteiger charge is 2.35. The van der Waals surface area contributed by atoms with E-state index in [0.717, 1.165) is 31.0 Å². The van der Waals surface area contributed by atoms with Gasteiger partial charge in [0.1, 0.15) is 11.6 Å². The fourth-order valence-corrected chi connectivity index (χ4v) is 2.68. The SMILES string of the molecule is COC1CCCC(O)(Cc2cc(F)ccc2F)C1. The van der Waals surface area contributed by atoms with Gasteiger partial charge < -0.3 is 9.84 Å². The number of hydrogen-bond donors (Lipinski definition) is 1. The molecule has 0 aliphatic heterocycles. The van der Waals surface area contributed by atoms with Gasteiger partial charge in [0, 0.05) is 20.0 Å². The van der Waals surface area contributed by atoms with Crippen LogP contribution in [-0.2, 0) is 11.2 Å². The Balaban J connectivity index is 2.14. The van der Waals surface area contributed by atoms with Crippen molar-refractivity contribution in [2.45, 2.75) is 43.8 Å². The Morgan fingerprint density at radius 2 is 2.22 bits per heavy atom. The van der Waals surface area contributed by atoms with Gasteiger partial charge in [-0.1, -0.05) is 0 Å². The number of halogens is 2. The zero-order chi connectivity index (χ0) is 13.2. The molecule has 0 saturated heterocycles. The van der Waals surface area contributed by atoms with Gasteiger partial charge in [-0.3, -0.25) is 0 Å². The molecule has 2 rings (SSSR count). The summed E-state index contributed by atoms with van der Waals surface area (Å²) in [5, 5.41) is 10.5. The zero-order valence-corrected chi connectivity index (χ0v) is 10.5. The fraction of sp³-hybridized carbons (Fsp3) is 0.571. The van der Waals surface area contributed by atoms with Gasteiger partial charge in [-0.05, 0) is 43.0 Å². The lowest BCUT2D eigenvalue weighted by Crippen LogP contribution is -2.40. The van der Waals surface area contributed by atoms with Gasteiger partial charge in [0.25, 0.3) is 0 Å². The summed E-state index contributed by atoms with van der Waals surface area (Å²) in [5.41, 5.74) is -0.762. The lowest BCUT2D eigenvalue weighted by atomic mass is 9.79. The summed E-state index contributed by atoms with van der Waals surface area (Å²) in [6.45, 7) is 0. The van der Waals surface area contributed by atoms with Gasteiger partial charge in [-0.2, -0.15) is 0 Å². The second kappa shape index (κ2) is 5.33. The third kappa shape index (κ3) is 3.06. The first kappa shape index (κ1) is 13.4. The minimum Gasteiger partial charge on any atom is -0.389 e. The molecule has 4 heteroatoms. The van der Waals surface area contributed by atoms with Crippen LogP contribution in [0.4, 0.5) is 8.78 Å². The van der Waals surface area contributed by atoms with E-state index in [1.54, 1.807) is 7.11 Å². The molecule has 1 aromatic carbocycles. The Bertz CT molecular complexity index is 422. The Kier molecular flexibility index (Phi) is 3.97. The van der Waals surface area contributed by atoms with Crippen LogP contribution >= 0.6 is 0 Å². The number of rotatable bonds is 3. The Labute approximate surface area is 106 Å². The lowest BCUT2D eigenvalue weighted by molar-refractivity contribution is -0.0585.